The molecular weight excluding hydrogens is 445 g/mol. The third kappa shape index (κ3) is 5.42. The standard InChI is InChI=1S/C20H23Cl2N5O4/c1-13-17(21)19(22)27(24-13)10-5-9-23-20(28)14-8-11-26(25-14)12-31-18-15(29-2)6-4-7-16(18)30-3/h4,6-8,11H,5,9-10,12H2,1-3H3,(H,23,28). The number of ether oxygens (including phenoxy) is 3. The molecule has 1 amide bonds. The van der Waals surface area contributed by atoms with Crippen LogP contribution in [0.3, 0.4) is 0 Å². The molecule has 11 heteroatoms. The van der Waals surface area contributed by atoms with E-state index in [1.807, 2.05) is 0 Å². The van der Waals surface area contributed by atoms with E-state index in [0.29, 0.717) is 52.6 Å². The van der Waals surface area contributed by atoms with Gasteiger partial charge in [-0.15, -0.1) is 0 Å². The zero-order chi connectivity index (χ0) is 22.4. The van der Waals surface area contributed by atoms with E-state index in [9.17, 15) is 4.79 Å². The molecule has 0 radical (unpaired) electrons. The Kier molecular flexibility index (Phi) is 7.64. The van der Waals surface area contributed by atoms with Gasteiger partial charge >= 0.3 is 0 Å². The average molecular weight is 468 g/mol. The molecule has 0 saturated carbocycles. The Hall–Kier alpha value is -2.91. The molecule has 0 aliphatic carbocycles. The first-order chi connectivity index (χ1) is 14.9. The number of hydrogen-bond donors (Lipinski definition) is 1. The van der Waals surface area contributed by atoms with Crippen molar-refractivity contribution < 1.29 is 19.0 Å². The summed E-state index contributed by atoms with van der Waals surface area (Å²) in [6, 6.07) is 6.96. The van der Waals surface area contributed by atoms with E-state index in [0.717, 1.165) is 0 Å². The molecule has 0 unspecified atom stereocenters. The third-order valence-corrected chi connectivity index (χ3v) is 5.36. The largest absolute Gasteiger partial charge is 0.493 e. The lowest BCUT2D eigenvalue weighted by Gasteiger charge is -2.13. The maximum Gasteiger partial charge on any atom is 0.271 e. The maximum atomic E-state index is 12.3. The molecular formula is C20H23Cl2N5O4. The van der Waals surface area contributed by atoms with Crippen molar-refractivity contribution >= 4 is 29.1 Å². The molecule has 0 bridgehead atoms. The van der Waals surface area contributed by atoms with Crippen LogP contribution >= 0.6 is 23.2 Å². The van der Waals surface area contributed by atoms with Crippen LogP contribution in [0.2, 0.25) is 10.2 Å². The lowest BCUT2D eigenvalue weighted by Crippen LogP contribution is -2.26. The topological polar surface area (TPSA) is 92.4 Å². The Morgan fingerprint density at radius 3 is 2.45 bits per heavy atom. The summed E-state index contributed by atoms with van der Waals surface area (Å²) in [6.07, 6.45) is 2.30. The molecule has 9 nitrogen and oxygen atoms in total. The highest BCUT2D eigenvalue weighted by Gasteiger charge is 2.14. The van der Waals surface area contributed by atoms with Crippen LogP contribution in [0.1, 0.15) is 22.6 Å². The average Bonchev–Trinajstić information content (AvgIpc) is 3.35. The summed E-state index contributed by atoms with van der Waals surface area (Å²) in [7, 11) is 3.10. The number of carbonyl (C=O) groups is 1. The van der Waals surface area contributed by atoms with Crippen LogP contribution in [-0.2, 0) is 13.3 Å². The number of nitrogens with one attached hydrogen (secondary N) is 1. The van der Waals surface area contributed by atoms with E-state index in [-0.39, 0.29) is 18.3 Å². The zero-order valence-corrected chi connectivity index (χ0v) is 18.9. The lowest BCUT2D eigenvalue weighted by atomic mass is 10.3. The van der Waals surface area contributed by atoms with Crippen molar-refractivity contribution in [3.63, 3.8) is 0 Å². The van der Waals surface area contributed by atoms with Gasteiger partial charge < -0.3 is 19.5 Å². The van der Waals surface area contributed by atoms with Gasteiger partial charge in [0, 0.05) is 19.3 Å². The fraction of sp³-hybridized carbons (Fsp3) is 0.350. The highest BCUT2D eigenvalue weighted by molar-refractivity contribution is 6.41. The summed E-state index contributed by atoms with van der Waals surface area (Å²) >= 11 is 12.1. The van der Waals surface area contributed by atoms with E-state index >= 15 is 0 Å². The minimum absolute atomic E-state index is 0.0852. The molecule has 3 aromatic rings. The Morgan fingerprint density at radius 1 is 1.13 bits per heavy atom. The van der Waals surface area contributed by atoms with Crippen LogP contribution in [0.5, 0.6) is 17.2 Å². The SMILES string of the molecule is COc1cccc(OC)c1OCn1ccc(C(=O)NCCCn2nc(C)c(Cl)c2Cl)n1. The summed E-state index contributed by atoms with van der Waals surface area (Å²) < 4.78 is 19.5. The fourth-order valence-corrected chi connectivity index (χ4v) is 3.24. The summed E-state index contributed by atoms with van der Waals surface area (Å²) in [4.78, 5) is 12.3. The van der Waals surface area contributed by atoms with E-state index in [1.165, 1.54) is 4.68 Å². The summed E-state index contributed by atoms with van der Waals surface area (Å²) in [5.41, 5.74) is 0.959. The van der Waals surface area contributed by atoms with Crippen molar-refractivity contribution in [3.05, 3.63) is 52.0 Å². The molecule has 0 aliphatic rings. The van der Waals surface area contributed by atoms with Crippen LogP contribution in [0.4, 0.5) is 0 Å². The van der Waals surface area contributed by atoms with Crippen molar-refractivity contribution in [1.29, 1.82) is 0 Å². The second kappa shape index (κ2) is 10.4. The van der Waals surface area contributed by atoms with Crippen LogP contribution < -0.4 is 19.5 Å². The number of benzene rings is 1. The highest BCUT2D eigenvalue weighted by atomic mass is 35.5. The number of rotatable bonds is 10. The number of aromatic nitrogens is 4. The minimum Gasteiger partial charge on any atom is -0.493 e. The number of carbonyl (C=O) groups excluding carboxylic acids is 1. The number of nitrogens with zero attached hydrogens (tertiary/aromatic N) is 4. The number of amides is 1. The molecule has 1 N–H and O–H groups in total. The van der Waals surface area contributed by atoms with E-state index in [4.69, 9.17) is 37.4 Å². The minimum atomic E-state index is -0.283. The Bertz CT molecular complexity index is 1030. The Morgan fingerprint density at radius 2 is 1.84 bits per heavy atom. The van der Waals surface area contributed by atoms with Gasteiger partial charge in [0.1, 0.15) is 15.9 Å². The molecule has 0 fully saturated rings. The molecule has 3 rings (SSSR count). The van der Waals surface area contributed by atoms with E-state index < -0.39 is 0 Å². The number of methoxy groups -OCH3 is 2. The number of aryl methyl sites for hydroxylation is 2. The molecule has 1 aromatic carbocycles. The van der Waals surface area contributed by atoms with Gasteiger partial charge in [0.05, 0.1) is 19.9 Å². The highest BCUT2D eigenvalue weighted by Crippen LogP contribution is 2.36. The fourth-order valence-electron chi connectivity index (χ4n) is 2.85. The number of halogens is 2. The summed E-state index contributed by atoms with van der Waals surface area (Å²) in [6.45, 7) is 2.85. The normalized spacial score (nSPS) is 10.7. The van der Waals surface area contributed by atoms with Crippen LogP contribution in [-0.4, -0.2) is 46.2 Å². The van der Waals surface area contributed by atoms with Crippen molar-refractivity contribution in [2.45, 2.75) is 26.6 Å². The monoisotopic (exact) mass is 467 g/mol. The summed E-state index contributed by atoms with van der Waals surface area (Å²) in [5, 5.41) is 12.2. The van der Waals surface area contributed by atoms with Crippen LogP contribution in [0, 0.1) is 6.92 Å². The second-order valence-electron chi connectivity index (χ2n) is 6.53. The predicted molar refractivity (Wildman–Crippen MR) is 116 cm³/mol. The maximum absolute atomic E-state index is 12.3. The van der Waals surface area contributed by atoms with Gasteiger partial charge in [0.15, 0.2) is 18.2 Å². The predicted octanol–water partition coefficient (Wildman–Crippen LogP) is 3.57. The van der Waals surface area contributed by atoms with Crippen molar-refractivity contribution in [3.8, 4) is 17.2 Å². The molecule has 0 aliphatic heterocycles. The van der Waals surface area contributed by atoms with E-state index in [2.05, 4.69) is 15.5 Å². The molecule has 2 heterocycles. The zero-order valence-electron chi connectivity index (χ0n) is 17.4. The van der Waals surface area contributed by atoms with Crippen molar-refractivity contribution in [2.75, 3.05) is 20.8 Å². The molecule has 0 spiro atoms. The molecule has 0 saturated heterocycles. The van der Waals surface area contributed by atoms with Crippen molar-refractivity contribution in [1.82, 2.24) is 24.9 Å². The first-order valence-electron chi connectivity index (χ1n) is 9.48. The molecule has 31 heavy (non-hydrogen) atoms. The second-order valence-corrected chi connectivity index (χ2v) is 7.26. The van der Waals surface area contributed by atoms with Gasteiger partial charge in [0.25, 0.3) is 5.91 Å². The van der Waals surface area contributed by atoms with Gasteiger partial charge in [-0.3, -0.25) is 9.48 Å². The quantitative estimate of drug-likeness (QED) is 0.458. The van der Waals surface area contributed by atoms with Gasteiger partial charge in [-0.25, -0.2) is 4.68 Å². The van der Waals surface area contributed by atoms with Gasteiger partial charge in [-0.05, 0) is 31.5 Å². The van der Waals surface area contributed by atoms with Gasteiger partial charge in [-0.1, -0.05) is 29.3 Å². The third-order valence-electron chi connectivity index (χ3n) is 4.43. The van der Waals surface area contributed by atoms with Crippen LogP contribution in [0.15, 0.2) is 30.5 Å². The smallest absolute Gasteiger partial charge is 0.271 e. The first-order valence-corrected chi connectivity index (χ1v) is 10.2. The number of hydrogen-bond acceptors (Lipinski definition) is 6. The number of para-hydroxylation sites is 1. The summed E-state index contributed by atoms with van der Waals surface area (Å²) in [5.74, 6) is 1.26. The molecule has 2 aromatic heterocycles. The van der Waals surface area contributed by atoms with Crippen molar-refractivity contribution in [2.24, 2.45) is 0 Å². The Labute approximate surface area is 189 Å². The Balaban J connectivity index is 1.50. The van der Waals surface area contributed by atoms with Gasteiger partial charge in [-0.2, -0.15) is 10.2 Å². The van der Waals surface area contributed by atoms with Gasteiger partial charge in [0.2, 0.25) is 5.75 Å². The van der Waals surface area contributed by atoms with E-state index in [1.54, 1.807) is 56.3 Å². The molecule has 166 valence electrons. The van der Waals surface area contributed by atoms with Crippen LogP contribution in [0.25, 0.3) is 0 Å². The lowest BCUT2D eigenvalue weighted by molar-refractivity contribution is 0.0945. The first kappa shape index (κ1) is 22.8. The molecule has 0 atom stereocenters.